The summed E-state index contributed by atoms with van der Waals surface area (Å²) in [6.07, 6.45) is -3.08. The minimum Gasteiger partial charge on any atom is -0.352 e. The number of H-pyrrole nitrogens is 1. The Morgan fingerprint density at radius 1 is 1.08 bits per heavy atom. The zero-order valence-corrected chi connectivity index (χ0v) is 13.6. The van der Waals surface area contributed by atoms with Crippen LogP contribution in [-0.2, 0) is 6.18 Å². The third kappa shape index (κ3) is 2.72. The maximum Gasteiger partial charge on any atom is 0.416 e. The number of aromatic amines is 1. The van der Waals surface area contributed by atoms with Crippen LogP contribution in [0.25, 0.3) is 28.1 Å². The summed E-state index contributed by atoms with van der Waals surface area (Å²) in [6, 6.07) is 9.21. The molecule has 0 saturated heterocycles. The van der Waals surface area contributed by atoms with Crippen LogP contribution in [0, 0.1) is 5.82 Å². The molecule has 0 radical (unpaired) electrons. The molecule has 0 atom stereocenters. The molecule has 0 saturated carbocycles. The molecule has 2 aromatic heterocycles. The van der Waals surface area contributed by atoms with Gasteiger partial charge in [0.05, 0.1) is 16.9 Å². The largest absolute Gasteiger partial charge is 0.416 e. The number of hydrogen-bond donors (Lipinski definition) is 1. The van der Waals surface area contributed by atoms with Gasteiger partial charge in [-0.05, 0) is 36.4 Å². The van der Waals surface area contributed by atoms with Crippen LogP contribution >= 0.6 is 11.6 Å². The molecule has 1 N–H and O–H groups in total. The van der Waals surface area contributed by atoms with Gasteiger partial charge >= 0.3 is 6.18 Å². The van der Waals surface area contributed by atoms with Gasteiger partial charge in [-0.1, -0.05) is 17.7 Å². The van der Waals surface area contributed by atoms with Gasteiger partial charge in [0.25, 0.3) is 0 Å². The highest BCUT2D eigenvalue weighted by atomic mass is 35.5. The molecule has 2 heterocycles. The van der Waals surface area contributed by atoms with Crippen molar-refractivity contribution >= 4 is 22.5 Å². The normalized spacial score (nSPS) is 12.0. The van der Waals surface area contributed by atoms with Crippen molar-refractivity contribution in [2.75, 3.05) is 0 Å². The summed E-state index contributed by atoms with van der Waals surface area (Å²) in [5.41, 5.74) is 0.511. The van der Waals surface area contributed by atoms with Crippen molar-refractivity contribution in [3.05, 3.63) is 65.2 Å². The molecule has 0 aliphatic carbocycles. The highest BCUT2D eigenvalue weighted by molar-refractivity contribution is 6.32. The third-order valence-electron chi connectivity index (χ3n) is 3.93. The fraction of sp³-hybridized carbons (Fsp3) is 0.0588. The minimum absolute atomic E-state index is 0.107. The lowest BCUT2D eigenvalue weighted by Gasteiger charge is -2.07. The Morgan fingerprint density at radius 3 is 2.65 bits per heavy atom. The van der Waals surface area contributed by atoms with Crippen LogP contribution in [0.4, 0.5) is 17.6 Å². The Morgan fingerprint density at radius 2 is 1.88 bits per heavy atom. The van der Waals surface area contributed by atoms with Gasteiger partial charge in [-0.2, -0.15) is 13.2 Å². The number of fused-ring (bicyclic) bond motifs is 1. The quantitative estimate of drug-likeness (QED) is 0.484. The monoisotopic (exact) mass is 380 g/mol. The Hall–Kier alpha value is -2.87. The van der Waals surface area contributed by atoms with Crippen LogP contribution in [0.1, 0.15) is 5.56 Å². The second kappa shape index (κ2) is 5.84. The summed E-state index contributed by atoms with van der Waals surface area (Å²) in [7, 11) is 0. The average Bonchev–Trinajstić information content (AvgIpc) is 3.21. The zero-order chi connectivity index (χ0) is 18.5. The molecule has 4 rings (SSSR count). The number of benzene rings is 2. The first-order valence-corrected chi connectivity index (χ1v) is 7.77. The summed E-state index contributed by atoms with van der Waals surface area (Å²) in [6.45, 7) is 0. The molecule has 26 heavy (non-hydrogen) atoms. The van der Waals surface area contributed by atoms with E-state index in [9.17, 15) is 17.6 Å². The van der Waals surface area contributed by atoms with E-state index in [0.29, 0.717) is 28.1 Å². The van der Waals surface area contributed by atoms with E-state index in [-0.39, 0.29) is 5.02 Å². The summed E-state index contributed by atoms with van der Waals surface area (Å²) in [4.78, 5) is 2.99. The van der Waals surface area contributed by atoms with Crippen LogP contribution in [-0.4, -0.2) is 19.7 Å². The number of nitrogens with zero attached hydrogens (tertiary/aromatic N) is 3. The molecule has 0 aliphatic rings. The predicted octanol–water partition coefficient (Wildman–Crippen LogP) is 5.23. The molecular weight excluding hydrogens is 372 g/mol. The lowest BCUT2D eigenvalue weighted by atomic mass is 10.1. The van der Waals surface area contributed by atoms with Crippen molar-refractivity contribution in [3.8, 4) is 17.2 Å². The van der Waals surface area contributed by atoms with E-state index in [0.717, 1.165) is 12.1 Å². The Kier molecular flexibility index (Phi) is 3.73. The lowest BCUT2D eigenvalue weighted by Crippen LogP contribution is -2.03. The second-order valence-corrected chi connectivity index (χ2v) is 5.96. The maximum absolute atomic E-state index is 13.7. The van der Waals surface area contributed by atoms with Crippen molar-refractivity contribution in [1.29, 1.82) is 0 Å². The summed E-state index contributed by atoms with van der Waals surface area (Å²) in [5, 5.41) is 8.05. The van der Waals surface area contributed by atoms with Gasteiger partial charge in [0.1, 0.15) is 17.2 Å². The minimum atomic E-state index is -4.43. The van der Waals surface area contributed by atoms with E-state index < -0.39 is 17.6 Å². The van der Waals surface area contributed by atoms with Gasteiger partial charge < -0.3 is 4.98 Å². The van der Waals surface area contributed by atoms with Crippen LogP contribution in [0.3, 0.4) is 0 Å². The van der Waals surface area contributed by atoms with E-state index in [1.807, 2.05) is 0 Å². The van der Waals surface area contributed by atoms with Gasteiger partial charge in [-0.15, -0.1) is 10.2 Å². The van der Waals surface area contributed by atoms with E-state index in [2.05, 4.69) is 15.2 Å². The van der Waals surface area contributed by atoms with E-state index >= 15 is 0 Å². The SMILES string of the molecule is Fc1cccc(-n2cnnc2-c2cc3cc(C(F)(F)F)ccc3[nH]2)c1Cl. The Labute approximate surface area is 149 Å². The van der Waals surface area contributed by atoms with Crippen molar-refractivity contribution < 1.29 is 17.6 Å². The molecule has 4 nitrogen and oxygen atoms in total. The van der Waals surface area contributed by atoms with Crippen molar-refractivity contribution in [1.82, 2.24) is 19.7 Å². The Balaban J connectivity index is 1.85. The van der Waals surface area contributed by atoms with E-state index in [4.69, 9.17) is 11.6 Å². The number of aromatic nitrogens is 4. The number of halogens is 5. The first-order chi connectivity index (χ1) is 12.3. The molecule has 9 heteroatoms. The van der Waals surface area contributed by atoms with E-state index in [1.54, 1.807) is 6.07 Å². The van der Waals surface area contributed by atoms with Crippen molar-refractivity contribution in [2.24, 2.45) is 0 Å². The van der Waals surface area contributed by atoms with Crippen molar-refractivity contribution in [3.63, 3.8) is 0 Å². The molecule has 0 amide bonds. The Bertz CT molecular complexity index is 1110. The highest BCUT2D eigenvalue weighted by Gasteiger charge is 2.30. The molecule has 0 aliphatic heterocycles. The highest BCUT2D eigenvalue weighted by Crippen LogP contribution is 2.33. The zero-order valence-electron chi connectivity index (χ0n) is 12.9. The topological polar surface area (TPSA) is 46.5 Å². The lowest BCUT2D eigenvalue weighted by molar-refractivity contribution is -0.137. The summed E-state index contributed by atoms with van der Waals surface area (Å²) >= 11 is 6.01. The number of alkyl halides is 3. The molecule has 132 valence electrons. The standard InChI is InChI=1S/C17H9ClF4N4/c18-15-11(19)2-1-3-14(15)26-8-23-25-16(26)13-7-9-6-10(17(20,21)22)4-5-12(9)24-13/h1-8,24H. The van der Waals surface area contributed by atoms with Crippen molar-refractivity contribution in [2.45, 2.75) is 6.18 Å². The summed E-state index contributed by atoms with van der Waals surface area (Å²) in [5.74, 6) is -0.308. The van der Waals surface area contributed by atoms with Crippen LogP contribution in [0.2, 0.25) is 5.02 Å². The fourth-order valence-electron chi connectivity index (χ4n) is 2.70. The molecule has 0 spiro atoms. The number of hydrogen-bond acceptors (Lipinski definition) is 2. The first-order valence-electron chi connectivity index (χ1n) is 7.39. The van der Waals surface area contributed by atoms with Gasteiger partial charge in [0.2, 0.25) is 0 Å². The van der Waals surface area contributed by atoms with Gasteiger partial charge in [-0.3, -0.25) is 4.57 Å². The van der Waals surface area contributed by atoms with Gasteiger partial charge in [0.15, 0.2) is 5.82 Å². The predicted molar refractivity (Wildman–Crippen MR) is 88.6 cm³/mol. The molecule has 4 aromatic rings. The maximum atomic E-state index is 13.7. The van der Waals surface area contributed by atoms with Crippen LogP contribution in [0.5, 0.6) is 0 Å². The molecular formula is C17H9ClF4N4. The molecule has 0 unspecified atom stereocenters. The van der Waals surface area contributed by atoms with E-state index in [1.165, 1.54) is 35.2 Å². The number of nitrogens with one attached hydrogen (secondary N) is 1. The fourth-order valence-corrected chi connectivity index (χ4v) is 2.92. The van der Waals surface area contributed by atoms with Crippen LogP contribution < -0.4 is 0 Å². The molecule has 2 aromatic carbocycles. The smallest absolute Gasteiger partial charge is 0.352 e. The first kappa shape index (κ1) is 16.6. The second-order valence-electron chi connectivity index (χ2n) is 5.58. The van der Waals surface area contributed by atoms with Gasteiger partial charge in [-0.25, -0.2) is 4.39 Å². The molecule has 0 fully saturated rings. The van der Waals surface area contributed by atoms with Crippen LogP contribution in [0.15, 0.2) is 48.8 Å². The average molecular weight is 381 g/mol. The summed E-state index contributed by atoms with van der Waals surface area (Å²) < 4.78 is 53.8. The number of rotatable bonds is 2. The van der Waals surface area contributed by atoms with Gasteiger partial charge in [0, 0.05) is 10.9 Å². The third-order valence-corrected chi connectivity index (χ3v) is 4.30. The molecule has 0 bridgehead atoms.